The number of para-hydroxylation sites is 1. The number of carbonyl (C=O) groups is 1. The Morgan fingerprint density at radius 3 is 2.75 bits per heavy atom. The van der Waals surface area contributed by atoms with Gasteiger partial charge in [0.15, 0.2) is 5.69 Å². The zero-order valence-corrected chi connectivity index (χ0v) is 12.8. The van der Waals surface area contributed by atoms with E-state index >= 15 is 0 Å². The van der Waals surface area contributed by atoms with E-state index in [0.717, 1.165) is 40.5 Å². The van der Waals surface area contributed by atoms with Crippen molar-refractivity contribution >= 4 is 33.5 Å². The molecule has 0 atom stereocenters. The van der Waals surface area contributed by atoms with Crippen molar-refractivity contribution in [2.75, 3.05) is 5.32 Å². The highest BCUT2D eigenvalue weighted by atomic mass is 16.5. The summed E-state index contributed by atoms with van der Waals surface area (Å²) in [7, 11) is 0. The fraction of sp³-hybridized carbons (Fsp3) is 0.158. The van der Waals surface area contributed by atoms with E-state index in [-0.39, 0.29) is 5.91 Å². The summed E-state index contributed by atoms with van der Waals surface area (Å²) in [6, 6.07) is 15.3. The molecule has 4 aromatic rings. The number of nitrogens with zero attached hydrogens (tertiary/aromatic N) is 1. The summed E-state index contributed by atoms with van der Waals surface area (Å²) in [4.78, 5) is 12.3. The molecule has 118 valence electrons. The molecule has 5 nitrogen and oxygen atoms in total. The second-order valence-electron chi connectivity index (χ2n) is 6.15. The van der Waals surface area contributed by atoms with Gasteiger partial charge in [-0.1, -0.05) is 23.4 Å². The molecule has 1 aliphatic rings. The van der Waals surface area contributed by atoms with Gasteiger partial charge in [0.1, 0.15) is 16.9 Å². The molecule has 0 unspecified atom stereocenters. The average molecular weight is 318 g/mol. The minimum absolute atomic E-state index is 0.277. The Bertz CT molecular complexity index is 1070. The molecule has 24 heavy (non-hydrogen) atoms. The molecule has 2 aromatic heterocycles. The third-order valence-corrected chi connectivity index (χ3v) is 4.38. The van der Waals surface area contributed by atoms with Crippen LogP contribution >= 0.6 is 0 Å². The van der Waals surface area contributed by atoms with Crippen LogP contribution in [0.5, 0.6) is 0 Å². The van der Waals surface area contributed by atoms with Crippen LogP contribution in [0.2, 0.25) is 0 Å². The maximum absolute atomic E-state index is 12.3. The van der Waals surface area contributed by atoms with Gasteiger partial charge in [-0.05, 0) is 31.0 Å². The third-order valence-electron chi connectivity index (χ3n) is 4.38. The molecule has 1 saturated carbocycles. The normalized spacial score (nSPS) is 14.3. The minimum Gasteiger partial charge on any atom is -0.456 e. The molecule has 5 rings (SSSR count). The summed E-state index contributed by atoms with van der Waals surface area (Å²) in [5, 5.41) is 8.80. The highest BCUT2D eigenvalue weighted by molar-refractivity contribution is 6.08. The van der Waals surface area contributed by atoms with Crippen LogP contribution in [-0.4, -0.2) is 11.1 Å². The number of nitrogens with one attached hydrogen (secondary N) is 1. The van der Waals surface area contributed by atoms with E-state index in [1.807, 2.05) is 42.5 Å². The number of carbonyl (C=O) groups excluding carboxylic acids is 1. The fourth-order valence-electron chi connectivity index (χ4n) is 2.96. The Morgan fingerprint density at radius 1 is 1.04 bits per heavy atom. The molecule has 0 aliphatic heterocycles. The predicted molar refractivity (Wildman–Crippen MR) is 90.2 cm³/mol. The number of anilines is 1. The Labute approximate surface area is 137 Å². The quantitative estimate of drug-likeness (QED) is 0.594. The van der Waals surface area contributed by atoms with Gasteiger partial charge in [0.2, 0.25) is 0 Å². The summed E-state index contributed by atoms with van der Waals surface area (Å²) < 4.78 is 11.1. The third kappa shape index (κ3) is 2.17. The number of amides is 1. The standard InChI is InChI=1S/C19H14N2O3/c22-19(15-10-17(24-21-15)11-5-6-11)20-12-7-8-14-13-3-1-2-4-16(13)23-18(14)9-12/h1-4,7-11H,5-6H2,(H,20,22). The van der Waals surface area contributed by atoms with Crippen LogP contribution in [0.25, 0.3) is 21.9 Å². The maximum Gasteiger partial charge on any atom is 0.277 e. The molecule has 2 aromatic carbocycles. The highest BCUT2D eigenvalue weighted by Crippen LogP contribution is 2.40. The second-order valence-corrected chi connectivity index (χ2v) is 6.15. The fourth-order valence-corrected chi connectivity index (χ4v) is 2.96. The Morgan fingerprint density at radius 2 is 1.88 bits per heavy atom. The summed E-state index contributed by atoms with van der Waals surface area (Å²) in [6.45, 7) is 0. The molecule has 0 spiro atoms. The van der Waals surface area contributed by atoms with E-state index < -0.39 is 0 Å². The van der Waals surface area contributed by atoms with Crippen LogP contribution in [0.4, 0.5) is 5.69 Å². The molecule has 0 bridgehead atoms. The van der Waals surface area contributed by atoms with E-state index in [9.17, 15) is 4.79 Å². The lowest BCUT2D eigenvalue weighted by Gasteiger charge is -2.02. The van der Waals surface area contributed by atoms with Gasteiger partial charge in [0.25, 0.3) is 5.91 Å². The number of rotatable bonds is 3. The van der Waals surface area contributed by atoms with Crippen LogP contribution in [0.1, 0.15) is 35.0 Å². The first kappa shape index (κ1) is 13.4. The smallest absolute Gasteiger partial charge is 0.277 e. The largest absolute Gasteiger partial charge is 0.456 e. The monoisotopic (exact) mass is 318 g/mol. The van der Waals surface area contributed by atoms with Crippen molar-refractivity contribution in [1.29, 1.82) is 0 Å². The second kappa shape index (κ2) is 4.96. The zero-order chi connectivity index (χ0) is 16.1. The molecule has 1 aliphatic carbocycles. The van der Waals surface area contributed by atoms with Crippen molar-refractivity contribution in [3.63, 3.8) is 0 Å². The number of benzene rings is 2. The average Bonchev–Trinajstić information content (AvgIpc) is 3.20. The number of aromatic nitrogens is 1. The van der Waals surface area contributed by atoms with Crippen molar-refractivity contribution in [1.82, 2.24) is 5.16 Å². The van der Waals surface area contributed by atoms with E-state index in [1.165, 1.54) is 0 Å². The number of hydrogen-bond acceptors (Lipinski definition) is 4. The Kier molecular flexibility index (Phi) is 2.76. The maximum atomic E-state index is 12.3. The first-order valence-electron chi connectivity index (χ1n) is 7.97. The molecular formula is C19H14N2O3. The van der Waals surface area contributed by atoms with Gasteiger partial charge >= 0.3 is 0 Å². The first-order chi connectivity index (χ1) is 11.8. The van der Waals surface area contributed by atoms with Gasteiger partial charge < -0.3 is 14.3 Å². The van der Waals surface area contributed by atoms with Crippen LogP contribution in [0, 0.1) is 0 Å². The number of fused-ring (bicyclic) bond motifs is 3. The molecule has 1 fully saturated rings. The van der Waals surface area contributed by atoms with E-state index in [1.54, 1.807) is 6.07 Å². The molecular weight excluding hydrogens is 304 g/mol. The molecule has 0 saturated heterocycles. The van der Waals surface area contributed by atoms with Gasteiger partial charge in [-0.2, -0.15) is 0 Å². The van der Waals surface area contributed by atoms with Gasteiger partial charge in [-0.3, -0.25) is 4.79 Å². The minimum atomic E-state index is -0.277. The highest BCUT2D eigenvalue weighted by Gasteiger charge is 2.28. The summed E-state index contributed by atoms with van der Waals surface area (Å²) in [5.74, 6) is 0.958. The molecule has 5 heteroatoms. The van der Waals surface area contributed by atoms with Crippen molar-refractivity contribution < 1.29 is 13.7 Å². The topological polar surface area (TPSA) is 68.3 Å². The first-order valence-corrected chi connectivity index (χ1v) is 7.97. The van der Waals surface area contributed by atoms with Crippen molar-refractivity contribution in [2.45, 2.75) is 18.8 Å². The lowest BCUT2D eigenvalue weighted by molar-refractivity contribution is 0.101. The van der Waals surface area contributed by atoms with Gasteiger partial charge in [0, 0.05) is 34.5 Å². The van der Waals surface area contributed by atoms with Crippen LogP contribution in [-0.2, 0) is 0 Å². The van der Waals surface area contributed by atoms with Gasteiger partial charge in [-0.25, -0.2) is 0 Å². The predicted octanol–water partition coefficient (Wildman–Crippen LogP) is 4.70. The van der Waals surface area contributed by atoms with Crippen LogP contribution in [0.15, 0.2) is 57.5 Å². The Hall–Kier alpha value is -3.08. The van der Waals surface area contributed by atoms with Gasteiger partial charge in [0.05, 0.1) is 0 Å². The van der Waals surface area contributed by atoms with E-state index in [2.05, 4.69) is 10.5 Å². The Balaban J connectivity index is 1.45. The van der Waals surface area contributed by atoms with Crippen LogP contribution in [0.3, 0.4) is 0 Å². The lowest BCUT2D eigenvalue weighted by atomic mass is 10.1. The van der Waals surface area contributed by atoms with Crippen molar-refractivity contribution in [3.05, 3.63) is 60.0 Å². The van der Waals surface area contributed by atoms with Gasteiger partial charge in [-0.15, -0.1) is 0 Å². The molecule has 2 heterocycles. The number of hydrogen-bond donors (Lipinski definition) is 1. The van der Waals surface area contributed by atoms with E-state index in [0.29, 0.717) is 17.3 Å². The van der Waals surface area contributed by atoms with E-state index in [4.69, 9.17) is 8.94 Å². The SMILES string of the molecule is O=C(Nc1ccc2c(c1)oc1ccccc12)c1cc(C2CC2)on1. The van der Waals surface area contributed by atoms with Crippen molar-refractivity contribution in [3.8, 4) is 0 Å². The molecule has 1 N–H and O–H groups in total. The lowest BCUT2D eigenvalue weighted by Crippen LogP contribution is -2.11. The summed E-state index contributed by atoms with van der Waals surface area (Å²) in [6.07, 6.45) is 2.22. The number of furan rings is 1. The molecule has 1 amide bonds. The summed E-state index contributed by atoms with van der Waals surface area (Å²) >= 11 is 0. The summed E-state index contributed by atoms with van der Waals surface area (Å²) in [5.41, 5.74) is 2.55. The zero-order valence-electron chi connectivity index (χ0n) is 12.8. The molecule has 0 radical (unpaired) electrons. The van der Waals surface area contributed by atoms with Crippen LogP contribution < -0.4 is 5.32 Å². The van der Waals surface area contributed by atoms with Crippen molar-refractivity contribution in [2.24, 2.45) is 0 Å².